The summed E-state index contributed by atoms with van der Waals surface area (Å²) in [5.41, 5.74) is 1.14. The molecule has 1 N–H and O–H groups in total. The summed E-state index contributed by atoms with van der Waals surface area (Å²) in [6.07, 6.45) is 8.84. The van der Waals surface area contributed by atoms with E-state index in [4.69, 9.17) is 14.5 Å². The lowest BCUT2D eigenvalue weighted by Crippen LogP contribution is -2.70. The Morgan fingerprint density at radius 2 is 1.92 bits per heavy atom. The van der Waals surface area contributed by atoms with Crippen molar-refractivity contribution in [3.8, 4) is 5.75 Å². The van der Waals surface area contributed by atoms with Gasteiger partial charge in [-0.05, 0) is 104 Å². The zero-order chi connectivity index (χ0) is 25.1. The first-order valence-corrected chi connectivity index (χ1v) is 14.3. The van der Waals surface area contributed by atoms with Crippen LogP contribution in [0.1, 0.15) is 95.6 Å². The molecule has 0 bridgehead atoms. The Hall–Kier alpha value is -1.43. The van der Waals surface area contributed by atoms with Crippen molar-refractivity contribution in [1.29, 1.82) is 0 Å². The van der Waals surface area contributed by atoms with Crippen molar-refractivity contribution in [2.24, 2.45) is 34.0 Å². The predicted octanol–water partition coefficient (Wildman–Crippen LogP) is 5.77. The third-order valence-corrected chi connectivity index (χ3v) is 12.0. The molecule has 5 nitrogen and oxygen atoms in total. The highest BCUT2D eigenvalue weighted by Crippen LogP contribution is 2.74. The summed E-state index contributed by atoms with van der Waals surface area (Å²) in [7, 11) is 1.73. The zero-order valence-corrected chi connectivity index (χ0v) is 22.4. The minimum absolute atomic E-state index is 0.0439. The van der Waals surface area contributed by atoms with Crippen molar-refractivity contribution in [2.45, 2.75) is 102 Å². The first-order chi connectivity index (χ1) is 17.0. The Morgan fingerprint density at radius 1 is 1.08 bits per heavy atom. The van der Waals surface area contributed by atoms with Gasteiger partial charge in [0.25, 0.3) is 0 Å². The fraction of sp³-hybridized carbons (Fsp3) is 0.774. The van der Waals surface area contributed by atoms with Crippen LogP contribution in [-0.2, 0) is 21.0 Å². The molecule has 36 heavy (non-hydrogen) atoms. The van der Waals surface area contributed by atoms with Gasteiger partial charge >= 0.3 is 0 Å². The van der Waals surface area contributed by atoms with Crippen LogP contribution in [0.4, 0.5) is 0 Å². The predicted molar refractivity (Wildman–Crippen MR) is 136 cm³/mol. The summed E-state index contributed by atoms with van der Waals surface area (Å²) in [6.45, 7) is 7.37. The maximum atomic E-state index is 13.3. The van der Waals surface area contributed by atoms with Gasteiger partial charge in [-0.3, -0.25) is 4.79 Å². The molecule has 5 fully saturated rings. The summed E-state index contributed by atoms with van der Waals surface area (Å²) >= 11 is 0. The van der Waals surface area contributed by atoms with Crippen LogP contribution in [0.3, 0.4) is 0 Å². The second-order valence-electron chi connectivity index (χ2n) is 14.5. The minimum atomic E-state index is -0.793. The molecule has 1 aromatic carbocycles. The number of aliphatic hydroxyl groups is 1. The highest BCUT2D eigenvalue weighted by Gasteiger charge is 2.72. The number of hydrogen-bond acceptors (Lipinski definition) is 5. The molecule has 196 valence electrons. The lowest BCUT2D eigenvalue weighted by Gasteiger charge is -2.70. The summed E-state index contributed by atoms with van der Waals surface area (Å²) in [5, 5.41) is 12.8. The number of fused-ring (bicyclic) bond motifs is 4. The van der Waals surface area contributed by atoms with Gasteiger partial charge < -0.3 is 9.84 Å². The second kappa shape index (κ2) is 7.36. The van der Waals surface area contributed by atoms with Crippen molar-refractivity contribution in [3.05, 3.63) is 29.3 Å². The molecule has 5 heteroatoms. The largest absolute Gasteiger partial charge is 0.497 e. The van der Waals surface area contributed by atoms with Gasteiger partial charge in [0.05, 0.1) is 19.3 Å². The molecule has 2 spiro atoms. The molecule has 6 aliphatic rings. The molecule has 7 rings (SSSR count). The molecule has 0 radical (unpaired) electrons. The molecular weight excluding hydrogens is 452 g/mol. The third-order valence-electron chi connectivity index (χ3n) is 12.0. The molecule has 1 heterocycles. The summed E-state index contributed by atoms with van der Waals surface area (Å²) in [6, 6.07) is 6.57. The van der Waals surface area contributed by atoms with Crippen LogP contribution in [-0.4, -0.2) is 35.8 Å². The first-order valence-electron chi connectivity index (χ1n) is 14.3. The quantitative estimate of drug-likeness (QED) is 0.502. The summed E-state index contributed by atoms with van der Waals surface area (Å²) in [5.74, 6) is 3.04. The van der Waals surface area contributed by atoms with Gasteiger partial charge in [-0.1, -0.05) is 26.8 Å². The van der Waals surface area contributed by atoms with Crippen LogP contribution < -0.4 is 4.74 Å². The van der Waals surface area contributed by atoms with Crippen LogP contribution in [0, 0.1) is 34.0 Å². The lowest BCUT2D eigenvalue weighted by molar-refractivity contribution is -0.425. The van der Waals surface area contributed by atoms with E-state index in [1.54, 1.807) is 7.11 Å². The number of ketones is 1. The van der Waals surface area contributed by atoms with Gasteiger partial charge in [0, 0.05) is 23.7 Å². The Bertz CT molecular complexity index is 1110. The topological polar surface area (TPSA) is 65.0 Å². The molecule has 1 saturated heterocycles. The molecule has 4 saturated carbocycles. The van der Waals surface area contributed by atoms with Crippen LogP contribution in [0.2, 0.25) is 0 Å². The molecule has 1 aromatic rings. The first kappa shape index (κ1) is 23.7. The Kier molecular flexibility index (Phi) is 4.84. The van der Waals surface area contributed by atoms with Crippen LogP contribution in [0.5, 0.6) is 5.75 Å². The number of carbonyl (C=O) groups excluding carboxylic acids is 1. The third kappa shape index (κ3) is 2.97. The fourth-order valence-electron chi connectivity index (χ4n) is 10.8. The Balaban J connectivity index is 1.36. The van der Waals surface area contributed by atoms with Gasteiger partial charge in [-0.15, -0.1) is 0 Å². The van der Waals surface area contributed by atoms with E-state index in [1.165, 1.54) is 11.1 Å². The number of hydrogen-bond donors (Lipinski definition) is 1. The Morgan fingerprint density at radius 3 is 2.69 bits per heavy atom. The van der Waals surface area contributed by atoms with Crippen LogP contribution >= 0.6 is 0 Å². The van der Waals surface area contributed by atoms with Gasteiger partial charge in [-0.2, -0.15) is 0 Å². The van der Waals surface area contributed by atoms with Gasteiger partial charge in [0.1, 0.15) is 17.1 Å². The van der Waals surface area contributed by atoms with E-state index >= 15 is 0 Å². The fourth-order valence-corrected chi connectivity index (χ4v) is 10.8. The van der Waals surface area contributed by atoms with Crippen molar-refractivity contribution in [1.82, 2.24) is 0 Å². The maximum absolute atomic E-state index is 13.3. The van der Waals surface area contributed by atoms with E-state index in [9.17, 15) is 9.90 Å². The number of methoxy groups -OCH3 is 1. The van der Waals surface area contributed by atoms with E-state index in [0.717, 1.165) is 63.5 Å². The SMILES string of the molecule is COc1ccc2c(c1)C[C@]13CCC4(CC(C)(C)COO4)C[C@]1(O)CC[C@@H]1C3C2C[C@]2(C)C(=O)CC[C@@H]12. The number of carbonyl (C=O) groups is 1. The lowest BCUT2D eigenvalue weighted by atomic mass is 9.36. The molecule has 3 unspecified atom stereocenters. The Labute approximate surface area is 215 Å². The van der Waals surface area contributed by atoms with Gasteiger partial charge in [0.2, 0.25) is 0 Å². The van der Waals surface area contributed by atoms with E-state index in [1.807, 2.05) is 0 Å². The molecule has 5 aliphatic carbocycles. The number of Topliss-reactive ketones (excluding diaryl/α,β-unsaturated/α-hetero) is 1. The average molecular weight is 495 g/mol. The van der Waals surface area contributed by atoms with E-state index < -0.39 is 11.2 Å². The minimum Gasteiger partial charge on any atom is -0.497 e. The van der Waals surface area contributed by atoms with Crippen molar-refractivity contribution in [2.75, 3.05) is 13.7 Å². The smallest absolute Gasteiger partial charge is 0.139 e. The zero-order valence-electron chi connectivity index (χ0n) is 22.4. The van der Waals surface area contributed by atoms with Crippen molar-refractivity contribution in [3.63, 3.8) is 0 Å². The molecule has 1 aliphatic heterocycles. The van der Waals surface area contributed by atoms with Gasteiger partial charge in [-0.25, -0.2) is 9.78 Å². The maximum Gasteiger partial charge on any atom is 0.139 e. The van der Waals surface area contributed by atoms with Crippen LogP contribution in [0.15, 0.2) is 18.2 Å². The van der Waals surface area contributed by atoms with E-state index in [2.05, 4.69) is 39.0 Å². The van der Waals surface area contributed by atoms with E-state index in [-0.39, 0.29) is 16.2 Å². The number of ether oxygens (including phenoxy) is 1. The highest BCUT2D eigenvalue weighted by atomic mass is 17.2. The summed E-state index contributed by atoms with van der Waals surface area (Å²) in [4.78, 5) is 25.1. The normalized spacial score (nSPS) is 48.5. The molecule has 8 atom stereocenters. The number of benzene rings is 1. The van der Waals surface area contributed by atoms with Crippen LogP contribution in [0.25, 0.3) is 0 Å². The van der Waals surface area contributed by atoms with Crippen molar-refractivity contribution >= 4 is 5.78 Å². The molecule has 0 amide bonds. The van der Waals surface area contributed by atoms with Gasteiger partial charge in [0.15, 0.2) is 0 Å². The average Bonchev–Trinajstić information content (AvgIpc) is 3.12. The molecule has 0 aromatic heterocycles. The molecular formula is C31H42O5. The second-order valence-corrected chi connectivity index (χ2v) is 14.5. The number of rotatable bonds is 1. The van der Waals surface area contributed by atoms with E-state index in [0.29, 0.717) is 42.5 Å². The summed E-state index contributed by atoms with van der Waals surface area (Å²) < 4.78 is 5.65. The van der Waals surface area contributed by atoms with Crippen molar-refractivity contribution < 1.29 is 24.4 Å². The highest BCUT2D eigenvalue weighted by molar-refractivity contribution is 5.87. The standard InChI is InChI=1S/C31H42O5/c1-27(2)16-29(36-35-18-27)11-12-30-14-19-13-20(34-4)5-6-21(19)23-15-28(3)24(7-8-25(28)32)22(26(23)30)9-10-31(30,33)17-29/h5-6,13,22-24,26,33H,7-12,14-18H2,1-4H3/t22-,23?,24-,26?,28-,29?,30-,31+/m0/s1. The monoisotopic (exact) mass is 494 g/mol.